The van der Waals surface area contributed by atoms with Crippen LogP contribution in [0.25, 0.3) is 0 Å². The molecule has 2 nitrogen and oxygen atoms in total. The van der Waals surface area contributed by atoms with Crippen LogP contribution >= 0.6 is 0 Å². The summed E-state index contributed by atoms with van der Waals surface area (Å²) in [6.45, 7) is 5.94. The van der Waals surface area contributed by atoms with E-state index in [9.17, 15) is 4.21 Å². The average molecular weight is 211 g/mol. The van der Waals surface area contributed by atoms with E-state index in [1.54, 1.807) is 0 Å². The molecule has 0 aromatic heterocycles. The summed E-state index contributed by atoms with van der Waals surface area (Å²) in [5.41, 5.74) is 7.41. The van der Waals surface area contributed by atoms with Crippen molar-refractivity contribution in [2.45, 2.75) is 31.3 Å². The van der Waals surface area contributed by atoms with Crippen molar-refractivity contribution in [1.29, 1.82) is 0 Å². The molecular weight excluding hydrogens is 194 g/mol. The zero-order chi connectivity index (χ0) is 10.8. The quantitative estimate of drug-likeness (QED) is 0.763. The maximum Gasteiger partial charge on any atom is 0.0491 e. The van der Waals surface area contributed by atoms with Crippen molar-refractivity contribution in [2.24, 2.45) is 0 Å². The Labute approximate surface area is 88.0 Å². The first kappa shape index (κ1) is 11.2. The second kappa shape index (κ2) is 4.13. The summed E-state index contributed by atoms with van der Waals surface area (Å²) in [7, 11) is -0.852. The zero-order valence-electron chi connectivity index (χ0n) is 8.91. The smallest absolute Gasteiger partial charge is 0.0491 e. The van der Waals surface area contributed by atoms with Crippen LogP contribution in [0.1, 0.15) is 26.3 Å². The Morgan fingerprint density at radius 1 is 1.36 bits per heavy atom. The van der Waals surface area contributed by atoms with Crippen LogP contribution in [0.3, 0.4) is 0 Å². The highest BCUT2D eigenvalue weighted by molar-refractivity contribution is 7.85. The largest absolute Gasteiger partial charge is 0.399 e. The van der Waals surface area contributed by atoms with Crippen LogP contribution in [0.4, 0.5) is 5.69 Å². The van der Waals surface area contributed by atoms with Gasteiger partial charge in [-0.2, -0.15) is 0 Å². The molecule has 0 saturated heterocycles. The van der Waals surface area contributed by atoms with Crippen LogP contribution < -0.4 is 5.73 Å². The van der Waals surface area contributed by atoms with Crippen molar-refractivity contribution in [2.75, 3.05) is 5.73 Å². The van der Waals surface area contributed by atoms with Crippen LogP contribution in [0.2, 0.25) is 0 Å². The van der Waals surface area contributed by atoms with Gasteiger partial charge in [-0.3, -0.25) is 4.21 Å². The minimum absolute atomic E-state index is 0.162. The lowest BCUT2D eigenvalue weighted by atomic mass is 10.2. The highest BCUT2D eigenvalue weighted by atomic mass is 32.2. The molecule has 1 rings (SSSR count). The van der Waals surface area contributed by atoms with Gasteiger partial charge in [-0.15, -0.1) is 0 Å². The standard InChI is InChI=1S/C11H17NOS/c1-11(2,3)14(13)8-9-5-4-6-10(12)7-9/h4-7H,8,12H2,1-3H3. The lowest BCUT2D eigenvalue weighted by Crippen LogP contribution is -2.22. The van der Waals surface area contributed by atoms with Crippen molar-refractivity contribution < 1.29 is 4.21 Å². The van der Waals surface area contributed by atoms with Gasteiger partial charge in [0.1, 0.15) is 0 Å². The van der Waals surface area contributed by atoms with Gasteiger partial charge in [0.15, 0.2) is 0 Å². The number of nitrogens with two attached hydrogens (primary N) is 1. The summed E-state index contributed by atoms with van der Waals surface area (Å²) in [5.74, 6) is 0.578. The third kappa shape index (κ3) is 3.14. The van der Waals surface area contributed by atoms with E-state index in [-0.39, 0.29) is 4.75 Å². The van der Waals surface area contributed by atoms with E-state index in [1.807, 2.05) is 45.0 Å². The SMILES string of the molecule is CC(C)(C)S(=O)Cc1cccc(N)c1. The zero-order valence-corrected chi connectivity index (χ0v) is 9.73. The molecule has 78 valence electrons. The normalized spacial score (nSPS) is 13.9. The number of anilines is 1. The Morgan fingerprint density at radius 3 is 2.50 bits per heavy atom. The van der Waals surface area contributed by atoms with E-state index in [1.165, 1.54) is 0 Å². The summed E-state index contributed by atoms with van der Waals surface area (Å²) >= 11 is 0. The Morgan fingerprint density at radius 2 is 2.00 bits per heavy atom. The Hall–Kier alpha value is -0.830. The number of benzene rings is 1. The molecular formula is C11H17NOS. The maximum absolute atomic E-state index is 11.8. The van der Waals surface area contributed by atoms with Gasteiger partial charge in [-0.05, 0) is 38.5 Å². The molecule has 1 unspecified atom stereocenters. The van der Waals surface area contributed by atoms with Gasteiger partial charge < -0.3 is 5.73 Å². The molecule has 3 heteroatoms. The number of rotatable bonds is 2. The summed E-state index contributed by atoms with van der Waals surface area (Å²) < 4.78 is 11.7. The fraction of sp³-hybridized carbons (Fsp3) is 0.455. The summed E-state index contributed by atoms with van der Waals surface area (Å²) in [6.07, 6.45) is 0. The van der Waals surface area contributed by atoms with Crippen molar-refractivity contribution in [1.82, 2.24) is 0 Å². The van der Waals surface area contributed by atoms with Crippen LogP contribution in [-0.2, 0) is 16.6 Å². The third-order valence-electron chi connectivity index (χ3n) is 1.93. The molecule has 0 radical (unpaired) electrons. The summed E-state index contributed by atoms with van der Waals surface area (Å²) in [6, 6.07) is 7.57. The first-order valence-corrected chi connectivity index (χ1v) is 5.94. The highest BCUT2D eigenvalue weighted by Gasteiger charge is 2.19. The minimum atomic E-state index is -0.852. The van der Waals surface area contributed by atoms with Crippen molar-refractivity contribution >= 4 is 16.5 Å². The average Bonchev–Trinajstić information content (AvgIpc) is 2.02. The van der Waals surface area contributed by atoms with Gasteiger partial charge in [0, 0.05) is 27.0 Å². The summed E-state index contributed by atoms with van der Waals surface area (Å²) in [4.78, 5) is 0. The molecule has 0 aliphatic rings. The van der Waals surface area contributed by atoms with Crippen molar-refractivity contribution in [3.8, 4) is 0 Å². The first-order chi connectivity index (χ1) is 6.39. The molecule has 14 heavy (non-hydrogen) atoms. The van der Waals surface area contributed by atoms with Gasteiger partial charge >= 0.3 is 0 Å². The van der Waals surface area contributed by atoms with E-state index in [4.69, 9.17) is 5.73 Å². The molecule has 0 aliphatic heterocycles. The third-order valence-corrected chi connectivity index (χ3v) is 3.89. The van der Waals surface area contributed by atoms with Crippen LogP contribution in [-0.4, -0.2) is 8.96 Å². The van der Waals surface area contributed by atoms with Gasteiger partial charge in [-0.1, -0.05) is 12.1 Å². The molecule has 0 fully saturated rings. The second-order valence-corrected chi connectivity index (χ2v) is 6.55. The number of hydrogen-bond donors (Lipinski definition) is 1. The number of nitrogen functional groups attached to an aromatic ring is 1. The van der Waals surface area contributed by atoms with Crippen LogP contribution in [0.15, 0.2) is 24.3 Å². The molecule has 0 heterocycles. The molecule has 0 saturated carbocycles. The first-order valence-electron chi connectivity index (χ1n) is 4.62. The number of hydrogen-bond acceptors (Lipinski definition) is 2. The van der Waals surface area contributed by atoms with Crippen molar-refractivity contribution in [3.05, 3.63) is 29.8 Å². The predicted octanol–water partition coefficient (Wildman–Crippen LogP) is 2.32. The molecule has 0 bridgehead atoms. The van der Waals surface area contributed by atoms with Gasteiger partial charge in [-0.25, -0.2) is 0 Å². The molecule has 0 spiro atoms. The lowest BCUT2D eigenvalue weighted by molar-refractivity contribution is 0.648. The molecule has 1 aromatic rings. The fourth-order valence-electron chi connectivity index (χ4n) is 1.05. The minimum Gasteiger partial charge on any atom is -0.399 e. The molecule has 0 amide bonds. The van der Waals surface area contributed by atoms with E-state index in [0.717, 1.165) is 11.3 Å². The van der Waals surface area contributed by atoms with E-state index >= 15 is 0 Å². The second-order valence-electron chi connectivity index (χ2n) is 4.35. The van der Waals surface area contributed by atoms with Crippen LogP contribution in [0, 0.1) is 0 Å². The van der Waals surface area contributed by atoms with E-state index < -0.39 is 10.8 Å². The Bertz CT molecular complexity index is 341. The van der Waals surface area contributed by atoms with Gasteiger partial charge in [0.05, 0.1) is 0 Å². The topological polar surface area (TPSA) is 43.1 Å². The fourth-order valence-corrected chi connectivity index (χ4v) is 1.97. The lowest BCUT2D eigenvalue weighted by Gasteiger charge is -2.17. The predicted molar refractivity (Wildman–Crippen MR) is 62.5 cm³/mol. The van der Waals surface area contributed by atoms with E-state index in [0.29, 0.717) is 5.75 Å². The summed E-state index contributed by atoms with van der Waals surface area (Å²) in [5, 5.41) is 0. The van der Waals surface area contributed by atoms with E-state index in [2.05, 4.69) is 0 Å². The molecule has 1 aromatic carbocycles. The molecule has 2 N–H and O–H groups in total. The Kier molecular flexibility index (Phi) is 3.32. The molecule has 0 aliphatic carbocycles. The maximum atomic E-state index is 11.8. The van der Waals surface area contributed by atoms with Crippen molar-refractivity contribution in [3.63, 3.8) is 0 Å². The van der Waals surface area contributed by atoms with Crippen LogP contribution in [0.5, 0.6) is 0 Å². The van der Waals surface area contributed by atoms with Gasteiger partial charge in [0.25, 0.3) is 0 Å². The monoisotopic (exact) mass is 211 g/mol. The molecule has 1 atom stereocenters. The highest BCUT2D eigenvalue weighted by Crippen LogP contribution is 2.17. The van der Waals surface area contributed by atoms with Gasteiger partial charge in [0.2, 0.25) is 0 Å². The Balaban J connectivity index is 2.75.